The molecule has 0 saturated heterocycles. The maximum atomic E-state index is 6.81. The molecular weight excluding hydrogens is 174 g/mol. The highest BCUT2D eigenvalue weighted by Gasteiger charge is 2.00. The van der Waals surface area contributed by atoms with Crippen molar-refractivity contribution in [1.82, 2.24) is 9.55 Å². The van der Waals surface area contributed by atoms with Crippen LogP contribution < -0.4 is 0 Å². The summed E-state index contributed by atoms with van der Waals surface area (Å²) in [5.74, 6) is 0.423. The van der Waals surface area contributed by atoms with Crippen LogP contribution in [0.4, 0.5) is 5.82 Å². The maximum Gasteiger partial charge on any atom is 0.287 e. The Morgan fingerprint density at radius 2 is 2.29 bits per heavy atom. The summed E-state index contributed by atoms with van der Waals surface area (Å²) in [6, 6.07) is 8.07. The van der Waals surface area contributed by atoms with Crippen molar-refractivity contribution in [3.63, 3.8) is 0 Å². The zero-order valence-electron chi connectivity index (χ0n) is 7.81. The third-order valence-electron chi connectivity index (χ3n) is 1.98. The number of aryl methyl sites for hydroxylation is 1. The molecule has 0 bridgehead atoms. The van der Waals surface area contributed by atoms with Crippen molar-refractivity contribution in [2.75, 3.05) is 0 Å². The van der Waals surface area contributed by atoms with Crippen LogP contribution >= 0.6 is 0 Å². The lowest BCUT2D eigenvalue weighted by atomic mass is 10.2. The summed E-state index contributed by atoms with van der Waals surface area (Å²) < 4.78 is 1.85. The summed E-state index contributed by atoms with van der Waals surface area (Å²) >= 11 is 0. The van der Waals surface area contributed by atoms with Gasteiger partial charge in [-0.2, -0.15) is 0 Å². The fourth-order valence-electron chi connectivity index (χ4n) is 1.30. The number of nitrogens with zero attached hydrogens (tertiary/aromatic N) is 3. The first kappa shape index (κ1) is 8.52. The minimum atomic E-state index is 0.423. The predicted octanol–water partition coefficient (Wildman–Crippen LogP) is 2.73. The molecule has 0 saturated carbocycles. The van der Waals surface area contributed by atoms with Crippen molar-refractivity contribution in [2.24, 2.45) is 0 Å². The number of benzene rings is 1. The number of imidazole rings is 1. The number of aromatic nitrogens is 2. The van der Waals surface area contributed by atoms with Crippen molar-refractivity contribution in [3.8, 4) is 5.69 Å². The van der Waals surface area contributed by atoms with E-state index in [0.717, 1.165) is 5.69 Å². The van der Waals surface area contributed by atoms with Gasteiger partial charge in [-0.15, -0.1) is 4.98 Å². The fourth-order valence-corrected chi connectivity index (χ4v) is 1.30. The molecule has 3 nitrogen and oxygen atoms in total. The molecule has 1 heterocycles. The standard InChI is InChI=1S/C11H9N3/c1-9-4-3-5-10(6-9)14-7-11(12-2)13-8-14/h3-8H,1H3. The molecule has 0 atom stereocenters. The Balaban J connectivity index is 2.45. The quantitative estimate of drug-likeness (QED) is 0.623. The fraction of sp³-hybridized carbons (Fsp3) is 0.0909. The molecule has 0 aliphatic rings. The van der Waals surface area contributed by atoms with Gasteiger partial charge >= 0.3 is 0 Å². The molecule has 3 heteroatoms. The predicted molar refractivity (Wildman–Crippen MR) is 54.6 cm³/mol. The van der Waals surface area contributed by atoms with Gasteiger partial charge in [-0.25, -0.2) is 0 Å². The first-order chi connectivity index (χ1) is 6.79. The van der Waals surface area contributed by atoms with Crippen molar-refractivity contribution < 1.29 is 0 Å². The second-order valence-corrected chi connectivity index (χ2v) is 3.09. The highest BCUT2D eigenvalue weighted by Crippen LogP contribution is 2.14. The summed E-state index contributed by atoms with van der Waals surface area (Å²) in [6.45, 7) is 8.85. The Morgan fingerprint density at radius 1 is 1.43 bits per heavy atom. The van der Waals surface area contributed by atoms with Crippen LogP contribution in [0.15, 0.2) is 36.8 Å². The smallest absolute Gasteiger partial charge is 0.287 e. The Kier molecular flexibility index (Phi) is 2.04. The van der Waals surface area contributed by atoms with Gasteiger partial charge in [-0.05, 0) is 24.6 Å². The lowest BCUT2D eigenvalue weighted by Gasteiger charge is -2.00. The Morgan fingerprint density at radius 3 is 2.93 bits per heavy atom. The van der Waals surface area contributed by atoms with E-state index in [1.54, 1.807) is 12.5 Å². The largest absolute Gasteiger partial charge is 0.359 e. The highest BCUT2D eigenvalue weighted by atomic mass is 15.1. The minimum Gasteiger partial charge on any atom is -0.359 e. The van der Waals surface area contributed by atoms with Gasteiger partial charge in [-0.1, -0.05) is 18.7 Å². The minimum absolute atomic E-state index is 0.423. The first-order valence-electron chi connectivity index (χ1n) is 4.28. The van der Waals surface area contributed by atoms with Gasteiger partial charge in [0.1, 0.15) is 0 Å². The van der Waals surface area contributed by atoms with E-state index in [-0.39, 0.29) is 0 Å². The number of hydrogen-bond acceptors (Lipinski definition) is 1. The normalized spacial score (nSPS) is 9.71. The average Bonchev–Trinajstić information content (AvgIpc) is 2.66. The van der Waals surface area contributed by atoms with E-state index in [0.29, 0.717) is 5.82 Å². The van der Waals surface area contributed by atoms with Crippen molar-refractivity contribution >= 4 is 5.82 Å². The van der Waals surface area contributed by atoms with Crippen LogP contribution in [0.25, 0.3) is 10.5 Å². The van der Waals surface area contributed by atoms with E-state index in [2.05, 4.69) is 15.9 Å². The third kappa shape index (κ3) is 1.50. The number of rotatable bonds is 1. The summed E-state index contributed by atoms with van der Waals surface area (Å²) in [4.78, 5) is 7.21. The van der Waals surface area contributed by atoms with Crippen LogP contribution in [0, 0.1) is 13.5 Å². The van der Waals surface area contributed by atoms with Crippen LogP contribution in [0.5, 0.6) is 0 Å². The lowest BCUT2D eigenvalue weighted by Crippen LogP contribution is -1.89. The Bertz CT molecular complexity index is 491. The van der Waals surface area contributed by atoms with E-state index in [9.17, 15) is 0 Å². The van der Waals surface area contributed by atoms with Crippen LogP contribution in [-0.4, -0.2) is 9.55 Å². The van der Waals surface area contributed by atoms with E-state index in [1.165, 1.54) is 5.56 Å². The monoisotopic (exact) mass is 183 g/mol. The van der Waals surface area contributed by atoms with E-state index in [4.69, 9.17) is 6.57 Å². The molecule has 14 heavy (non-hydrogen) atoms. The van der Waals surface area contributed by atoms with Gasteiger partial charge in [0, 0.05) is 11.9 Å². The van der Waals surface area contributed by atoms with E-state index < -0.39 is 0 Å². The molecule has 68 valence electrons. The molecule has 0 fully saturated rings. The SMILES string of the molecule is [C-]#[N+]c1cn(-c2cccc(C)c2)cn1. The molecule has 0 aliphatic heterocycles. The summed E-state index contributed by atoms with van der Waals surface area (Å²) in [6.07, 6.45) is 3.38. The summed E-state index contributed by atoms with van der Waals surface area (Å²) in [5.41, 5.74) is 2.23. The Hall–Kier alpha value is -2.08. The zero-order chi connectivity index (χ0) is 9.97. The van der Waals surface area contributed by atoms with Gasteiger partial charge < -0.3 is 4.85 Å². The summed E-state index contributed by atoms with van der Waals surface area (Å²) in [7, 11) is 0. The molecule has 0 N–H and O–H groups in total. The Labute approximate surface area is 82.5 Å². The highest BCUT2D eigenvalue weighted by molar-refractivity contribution is 5.40. The van der Waals surface area contributed by atoms with Gasteiger partial charge in [0.2, 0.25) is 0 Å². The molecule has 1 aromatic carbocycles. The van der Waals surface area contributed by atoms with Crippen LogP contribution in [0.2, 0.25) is 0 Å². The van der Waals surface area contributed by atoms with Crippen LogP contribution in [0.3, 0.4) is 0 Å². The average molecular weight is 183 g/mol. The molecular formula is C11H9N3. The van der Waals surface area contributed by atoms with Crippen molar-refractivity contribution in [1.29, 1.82) is 0 Å². The van der Waals surface area contributed by atoms with E-state index in [1.807, 2.05) is 29.7 Å². The van der Waals surface area contributed by atoms with Crippen LogP contribution in [0.1, 0.15) is 5.56 Å². The second-order valence-electron chi connectivity index (χ2n) is 3.09. The molecule has 0 spiro atoms. The van der Waals surface area contributed by atoms with Crippen molar-refractivity contribution in [2.45, 2.75) is 6.92 Å². The van der Waals surface area contributed by atoms with Gasteiger partial charge in [0.25, 0.3) is 5.82 Å². The van der Waals surface area contributed by atoms with Gasteiger partial charge in [-0.3, -0.25) is 4.57 Å². The topological polar surface area (TPSA) is 22.2 Å². The van der Waals surface area contributed by atoms with Gasteiger partial charge in [0.05, 0.1) is 0 Å². The van der Waals surface area contributed by atoms with Crippen LogP contribution in [-0.2, 0) is 0 Å². The number of hydrogen-bond donors (Lipinski definition) is 0. The molecule has 0 radical (unpaired) electrons. The zero-order valence-corrected chi connectivity index (χ0v) is 7.81. The molecule has 0 amide bonds. The molecule has 0 unspecified atom stereocenters. The molecule has 0 aliphatic carbocycles. The van der Waals surface area contributed by atoms with E-state index >= 15 is 0 Å². The van der Waals surface area contributed by atoms with Gasteiger partial charge in [0.15, 0.2) is 6.33 Å². The first-order valence-corrected chi connectivity index (χ1v) is 4.28. The second kappa shape index (κ2) is 3.35. The molecule has 2 rings (SSSR count). The lowest BCUT2D eigenvalue weighted by molar-refractivity contribution is 1.05. The third-order valence-corrected chi connectivity index (χ3v) is 1.98. The molecule has 2 aromatic rings. The molecule has 1 aromatic heterocycles. The van der Waals surface area contributed by atoms with Crippen molar-refractivity contribution in [3.05, 3.63) is 53.8 Å². The maximum absolute atomic E-state index is 6.81. The summed E-state index contributed by atoms with van der Waals surface area (Å²) in [5, 5.41) is 0.